The number of hydrogen-bond donors (Lipinski definition) is 1. The lowest BCUT2D eigenvalue weighted by molar-refractivity contribution is -0.137. The fourth-order valence-corrected chi connectivity index (χ4v) is 1.07. The van der Waals surface area contributed by atoms with E-state index in [0.717, 1.165) is 12.1 Å². The molecule has 1 rings (SSSR count). The van der Waals surface area contributed by atoms with Gasteiger partial charge in [-0.15, -0.1) is 0 Å². The van der Waals surface area contributed by atoms with Crippen LogP contribution in [0.25, 0.3) is 0 Å². The Hall–Kier alpha value is -1.49. The third kappa shape index (κ3) is 3.94. The minimum Gasteiger partial charge on any atom is -0.490 e. The molecule has 1 aromatic rings. The van der Waals surface area contributed by atoms with Crippen molar-refractivity contribution in [1.29, 1.82) is 0 Å². The molecule has 1 aromatic carbocycles. The van der Waals surface area contributed by atoms with Crippen molar-refractivity contribution < 1.29 is 17.9 Å². The van der Waals surface area contributed by atoms with Crippen molar-refractivity contribution in [3.05, 3.63) is 42.0 Å². The maximum absolute atomic E-state index is 12.3. The lowest BCUT2D eigenvalue weighted by atomic mass is 10.2. The summed E-state index contributed by atoms with van der Waals surface area (Å²) in [7, 11) is 0. The molecule has 0 atom stereocenters. The van der Waals surface area contributed by atoms with Crippen molar-refractivity contribution in [3.8, 4) is 5.75 Å². The molecule has 0 spiro atoms. The van der Waals surface area contributed by atoms with Gasteiger partial charge in [-0.25, -0.2) is 0 Å². The number of nitrogens with two attached hydrogens (primary N) is 1. The second kappa shape index (κ2) is 5.55. The smallest absolute Gasteiger partial charge is 0.416 e. The zero-order valence-electron chi connectivity index (χ0n) is 8.50. The summed E-state index contributed by atoms with van der Waals surface area (Å²) in [6, 6.07) is 4.76. The first-order valence-electron chi connectivity index (χ1n) is 4.69. The fraction of sp³-hybridized carbons (Fsp3) is 0.273. The second-order valence-corrected chi connectivity index (χ2v) is 3.04. The molecule has 0 bridgehead atoms. The van der Waals surface area contributed by atoms with Gasteiger partial charge in [0.15, 0.2) is 0 Å². The number of ether oxygens (including phenoxy) is 1. The Morgan fingerprint density at radius 2 is 2.00 bits per heavy atom. The summed E-state index contributed by atoms with van der Waals surface area (Å²) in [6.45, 7) is 0.588. The topological polar surface area (TPSA) is 35.2 Å². The van der Waals surface area contributed by atoms with Crippen molar-refractivity contribution in [1.82, 2.24) is 0 Å². The molecule has 0 aromatic heterocycles. The summed E-state index contributed by atoms with van der Waals surface area (Å²) in [5.41, 5.74) is 4.48. The van der Waals surface area contributed by atoms with Crippen molar-refractivity contribution in [2.24, 2.45) is 5.73 Å². The minimum absolute atomic E-state index is 0.191. The highest BCUT2D eigenvalue weighted by molar-refractivity contribution is 5.30. The van der Waals surface area contributed by atoms with Gasteiger partial charge in [0.25, 0.3) is 0 Å². The highest BCUT2D eigenvalue weighted by atomic mass is 19.4. The molecule has 0 saturated carbocycles. The van der Waals surface area contributed by atoms with Gasteiger partial charge in [0, 0.05) is 6.54 Å². The summed E-state index contributed by atoms with van der Waals surface area (Å²) < 4.78 is 42.1. The van der Waals surface area contributed by atoms with Crippen LogP contribution in [-0.2, 0) is 6.18 Å². The summed E-state index contributed by atoms with van der Waals surface area (Å²) in [5, 5.41) is 0. The Morgan fingerprint density at radius 1 is 1.25 bits per heavy atom. The fourth-order valence-electron chi connectivity index (χ4n) is 1.07. The molecule has 2 nitrogen and oxygen atoms in total. The van der Waals surface area contributed by atoms with Gasteiger partial charge in [0.05, 0.1) is 5.56 Å². The van der Waals surface area contributed by atoms with Gasteiger partial charge in [-0.1, -0.05) is 18.2 Å². The molecule has 88 valence electrons. The molecule has 2 N–H and O–H groups in total. The van der Waals surface area contributed by atoms with E-state index in [0.29, 0.717) is 6.54 Å². The van der Waals surface area contributed by atoms with Crippen LogP contribution in [0, 0.1) is 0 Å². The molecule has 16 heavy (non-hydrogen) atoms. The zero-order valence-corrected chi connectivity index (χ0v) is 8.50. The highest BCUT2D eigenvalue weighted by Crippen LogP contribution is 2.31. The maximum atomic E-state index is 12.3. The first-order chi connectivity index (χ1) is 7.54. The van der Waals surface area contributed by atoms with E-state index in [4.69, 9.17) is 10.5 Å². The third-order valence-electron chi connectivity index (χ3n) is 1.81. The van der Waals surface area contributed by atoms with Crippen LogP contribution in [0.5, 0.6) is 5.75 Å². The predicted octanol–water partition coefficient (Wildman–Crippen LogP) is 2.60. The van der Waals surface area contributed by atoms with E-state index in [1.807, 2.05) is 0 Å². The average Bonchev–Trinajstić information content (AvgIpc) is 2.24. The molecule has 0 aliphatic heterocycles. The molecule has 0 aliphatic carbocycles. The van der Waals surface area contributed by atoms with E-state index < -0.39 is 11.7 Å². The number of hydrogen-bond acceptors (Lipinski definition) is 2. The van der Waals surface area contributed by atoms with Crippen LogP contribution in [-0.4, -0.2) is 13.2 Å². The third-order valence-corrected chi connectivity index (χ3v) is 1.81. The number of halogens is 3. The normalized spacial score (nSPS) is 12.0. The highest BCUT2D eigenvalue weighted by Gasteiger charge is 2.30. The largest absolute Gasteiger partial charge is 0.490 e. The van der Waals surface area contributed by atoms with E-state index in [1.54, 1.807) is 12.2 Å². The van der Waals surface area contributed by atoms with Gasteiger partial charge in [0.2, 0.25) is 0 Å². The number of rotatable bonds is 4. The van der Waals surface area contributed by atoms with E-state index in [1.165, 1.54) is 12.1 Å². The van der Waals surface area contributed by atoms with Crippen LogP contribution in [0.4, 0.5) is 13.2 Å². The molecule has 0 aliphatic rings. The van der Waals surface area contributed by atoms with Crippen LogP contribution in [0.15, 0.2) is 36.4 Å². The standard InChI is InChI=1S/C11H12F3NO/c12-11(13,14)9-4-3-5-10(8-9)16-7-2-1-6-15/h1-5,8H,6-7,15H2. The van der Waals surface area contributed by atoms with Crippen LogP contribution in [0.1, 0.15) is 5.56 Å². The second-order valence-electron chi connectivity index (χ2n) is 3.04. The van der Waals surface area contributed by atoms with Crippen LogP contribution < -0.4 is 10.5 Å². The summed E-state index contributed by atoms with van der Waals surface area (Å²) in [4.78, 5) is 0. The molecular weight excluding hydrogens is 219 g/mol. The molecule has 0 amide bonds. The van der Waals surface area contributed by atoms with Crippen LogP contribution in [0.3, 0.4) is 0 Å². The van der Waals surface area contributed by atoms with Crippen LogP contribution >= 0.6 is 0 Å². The van der Waals surface area contributed by atoms with E-state index >= 15 is 0 Å². The first kappa shape index (κ1) is 12.6. The van der Waals surface area contributed by atoms with Crippen molar-refractivity contribution >= 4 is 0 Å². The van der Waals surface area contributed by atoms with Crippen LogP contribution in [0.2, 0.25) is 0 Å². The Labute approximate surface area is 91.5 Å². The minimum atomic E-state index is -4.34. The molecule has 0 unspecified atom stereocenters. The van der Waals surface area contributed by atoms with Gasteiger partial charge in [0.1, 0.15) is 12.4 Å². The summed E-state index contributed by atoms with van der Waals surface area (Å²) >= 11 is 0. The van der Waals surface area contributed by atoms with Gasteiger partial charge in [-0.05, 0) is 18.2 Å². The predicted molar refractivity (Wildman–Crippen MR) is 55.1 cm³/mol. The van der Waals surface area contributed by atoms with E-state index in [9.17, 15) is 13.2 Å². The summed E-state index contributed by atoms with van der Waals surface area (Å²) in [5.74, 6) is 0.191. The molecular formula is C11H12F3NO. The first-order valence-corrected chi connectivity index (χ1v) is 4.69. The molecule has 0 saturated heterocycles. The Bertz CT molecular complexity index is 360. The lowest BCUT2D eigenvalue weighted by Crippen LogP contribution is -2.05. The van der Waals surface area contributed by atoms with Crippen molar-refractivity contribution in [3.63, 3.8) is 0 Å². The van der Waals surface area contributed by atoms with Gasteiger partial charge in [-0.2, -0.15) is 13.2 Å². The maximum Gasteiger partial charge on any atom is 0.416 e. The quantitative estimate of drug-likeness (QED) is 0.808. The molecule has 0 heterocycles. The van der Waals surface area contributed by atoms with Gasteiger partial charge < -0.3 is 10.5 Å². The Morgan fingerprint density at radius 3 is 2.62 bits per heavy atom. The molecule has 0 radical (unpaired) electrons. The molecule has 5 heteroatoms. The molecule has 0 fully saturated rings. The Balaban J connectivity index is 2.65. The van der Waals surface area contributed by atoms with E-state index in [-0.39, 0.29) is 12.4 Å². The number of benzene rings is 1. The summed E-state index contributed by atoms with van der Waals surface area (Å²) in [6.07, 6.45) is -1.01. The SMILES string of the molecule is NCC=CCOc1cccc(C(F)(F)F)c1. The monoisotopic (exact) mass is 231 g/mol. The Kier molecular flexibility index (Phi) is 4.37. The van der Waals surface area contributed by atoms with Gasteiger partial charge >= 0.3 is 6.18 Å². The number of alkyl halides is 3. The average molecular weight is 231 g/mol. The van der Waals surface area contributed by atoms with E-state index in [2.05, 4.69) is 0 Å². The zero-order chi connectivity index (χ0) is 12.0. The van der Waals surface area contributed by atoms with Crippen molar-refractivity contribution in [2.75, 3.05) is 13.2 Å². The van der Waals surface area contributed by atoms with Crippen molar-refractivity contribution in [2.45, 2.75) is 6.18 Å². The van der Waals surface area contributed by atoms with Gasteiger partial charge in [-0.3, -0.25) is 0 Å². The lowest BCUT2D eigenvalue weighted by Gasteiger charge is -2.08.